The molecule has 1 saturated heterocycles. The van der Waals surface area contributed by atoms with Gasteiger partial charge in [-0.3, -0.25) is 0 Å². The molecule has 0 bridgehead atoms. The summed E-state index contributed by atoms with van der Waals surface area (Å²) in [6.07, 6.45) is 4.20. The minimum absolute atomic E-state index is 0.642. The molecule has 1 aromatic carbocycles. The van der Waals surface area contributed by atoms with E-state index >= 15 is 0 Å². The number of benzene rings is 1. The largest absolute Gasteiger partial charge is 0.362 e. The third-order valence-corrected chi connectivity index (χ3v) is 4.98. The fourth-order valence-electron chi connectivity index (χ4n) is 3.68. The molecular weight excluding hydrogens is 334 g/mol. The molecule has 1 unspecified atom stereocenters. The quantitative estimate of drug-likeness (QED) is 0.631. The minimum Gasteiger partial charge on any atom is -0.362 e. The van der Waals surface area contributed by atoms with Gasteiger partial charge in [-0.05, 0) is 37.3 Å². The van der Waals surface area contributed by atoms with E-state index in [9.17, 15) is 0 Å². The molecular formula is C22H31N5. The van der Waals surface area contributed by atoms with Crippen molar-refractivity contribution < 1.29 is 0 Å². The van der Waals surface area contributed by atoms with E-state index in [2.05, 4.69) is 58.5 Å². The Morgan fingerprint density at radius 1 is 1.22 bits per heavy atom. The number of likely N-dealkylation sites (tertiary alicyclic amines) is 1. The summed E-state index contributed by atoms with van der Waals surface area (Å²) < 4.78 is 0. The molecule has 0 amide bonds. The van der Waals surface area contributed by atoms with Crippen molar-refractivity contribution in [3.8, 4) is 0 Å². The minimum atomic E-state index is 0.642. The van der Waals surface area contributed by atoms with E-state index in [0.29, 0.717) is 12.5 Å². The van der Waals surface area contributed by atoms with Crippen molar-refractivity contribution in [1.29, 1.82) is 0 Å². The number of nitrogens with one attached hydrogen (secondary N) is 1. The molecule has 3 rings (SSSR count). The topological polar surface area (TPSA) is 43.8 Å². The summed E-state index contributed by atoms with van der Waals surface area (Å²) >= 11 is 0. The molecule has 2 aromatic rings. The van der Waals surface area contributed by atoms with Crippen LogP contribution in [0, 0.1) is 5.92 Å². The Morgan fingerprint density at radius 3 is 2.78 bits per heavy atom. The second-order valence-electron chi connectivity index (χ2n) is 7.34. The Balaban J connectivity index is 1.66. The number of hydrogen-bond donors (Lipinski definition) is 1. The van der Waals surface area contributed by atoms with E-state index in [1.165, 1.54) is 12.0 Å². The predicted molar refractivity (Wildman–Crippen MR) is 113 cm³/mol. The van der Waals surface area contributed by atoms with Crippen LogP contribution in [0.15, 0.2) is 53.7 Å². The van der Waals surface area contributed by atoms with Gasteiger partial charge in [-0.1, -0.05) is 36.4 Å². The first kappa shape index (κ1) is 19.2. The lowest BCUT2D eigenvalue weighted by Gasteiger charge is -2.22. The molecule has 2 heterocycles. The Morgan fingerprint density at radius 2 is 2.04 bits per heavy atom. The van der Waals surface area contributed by atoms with Crippen molar-refractivity contribution >= 4 is 11.8 Å². The van der Waals surface area contributed by atoms with E-state index in [0.717, 1.165) is 43.4 Å². The van der Waals surface area contributed by atoms with Crippen LogP contribution < -0.4 is 10.2 Å². The monoisotopic (exact) mass is 365 g/mol. The van der Waals surface area contributed by atoms with Crippen molar-refractivity contribution in [3.63, 3.8) is 0 Å². The fourth-order valence-corrected chi connectivity index (χ4v) is 3.68. The van der Waals surface area contributed by atoms with Gasteiger partial charge in [0.15, 0.2) is 5.96 Å². The number of anilines is 1. The van der Waals surface area contributed by atoms with Crippen LogP contribution in [-0.4, -0.2) is 49.6 Å². The van der Waals surface area contributed by atoms with Gasteiger partial charge >= 0.3 is 0 Å². The lowest BCUT2D eigenvalue weighted by molar-refractivity contribution is 0.460. The number of nitrogens with zero attached hydrogens (tertiary/aromatic N) is 4. The standard InChI is InChI=1S/C22H31N5/c1-4-23-22(25-16-20-11-8-13-24-21(20)26(2)3)27-14-12-19(17-27)15-18-9-6-5-7-10-18/h5-11,13,19H,4,12,14-17H2,1-3H3,(H,23,25). The summed E-state index contributed by atoms with van der Waals surface area (Å²) in [5.41, 5.74) is 2.58. The van der Waals surface area contributed by atoms with Gasteiger partial charge in [0.05, 0.1) is 6.54 Å². The molecule has 1 aliphatic rings. The molecule has 0 saturated carbocycles. The Bertz CT molecular complexity index is 741. The van der Waals surface area contributed by atoms with Gasteiger partial charge in [-0.2, -0.15) is 0 Å². The third-order valence-electron chi connectivity index (χ3n) is 4.98. The lowest BCUT2D eigenvalue weighted by Crippen LogP contribution is -2.40. The number of pyridine rings is 1. The average Bonchev–Trinajstić information content (AvgIpc) is 3.14. The molecule has 1 aliphatic heterocycles. The van der Waals surface area contributed by atoms with E-state index in [1.54, 1.807) is 0 Å². The van der Waals surface area contributed by atoms with Crippen LogP contribution in [0.4, 0.5) is 5.82 Å². The second kappa shape index (κ2) is 9.40. The molecule has 27 heavy (non-hydrogen) atoms. The summed E-state index contributed by atoms with van der Waals surface area (Å²) in [5.74, 6) is 2.69. The fraction of sp³-hybridized carbons (Fsp3) is 0.455. The number of rotatable bonds is 6. The summed E-state index contributed by atoms with van der Waals surface area (Å²) in [5, 5.41) is 3.47. The number of hydrogen-bond acceptors (Lipinski definition) is 3. The van der Waals surface area contributed by atoms with Crippen molar-refractivity contribution in [2.75, 3.05) is 38.6 Å². The summed E-state index contributed by atoms with van der Waals surface area (Å²) in [6, 6.07) is 14.9. The molecule has 1 N–H and O–H groups in total. The number of guanidine groups is 1. The zero-order valence-corrected chi connectivity index (χ0v) is 16.7. The average molecular weight is 366 g/mol. The Hall–Kier alpha value is -2.56. The van der Waals surface area contributed by atoms with Crippen molar-refractivity contribution in [3.05, 3.63) is 59.8 Å². The molecule has 1 aromatic heterocycles. The van der Waals surface area contributed by atoms with Crippen molar-refractivity contribution in [1.82, 2.24) is 15.2 Å². The predicted octanol–water partition coefficient (Wildman–Crippen LogP) is 3.18. The van der Waals surface area contributed by atoms with Crippen LogP contribution in [0.5, 0.6) is 0 Å². The van der Waals surface area contributed by atoms with Gasteiger partial charge in [0, 0.05) is 45.5 Å². The molecule has 0 aliphatic carbocycles. The van der Waals surface area contributed by atoms with Gasteiger partial charge in [0.25, 0.3) is 0 Å². The first-order chi connectivity index (χ1) is 13.2. The van der Waals surface area contributed by atoms with Gasteiger partial charge in [-0.25, -0.2) is 9.98 Å². The van der Waals surface area contributed by atoms with Crippen LogP contribution in [0.2, 0.25) is 0 Å². The van der Waals surface area contributed by atoms with Crippen LogP contribution in [-0.2, 0) is 13.0 Å². The summed E-state index contributed by atoms with van der Waals surface area (Å²) in [6.45, 7) is 5.78. The highest BCUT2D eigenvalue weighted by Gasteiger charge is 2.25. The summed E-state index contributed by atoms with van der Waals surface area (Å²) in [7, 11) is 4.05. The molecule has 0 spiro atoms. The molecule has 1 fully saturated rings. The highest BCUT2D eigenvalue weighted by atomic mass is 15.3. The third kappa shape index (κ3) is 5.22. The molecule has 5 nitrogen and oxygen atoms in total. The lowest BCUT2D eigenvalue weighted by atomic mass is 9.99. The van der Waals surface area contributed by atoms with Crippen LogP contribution in [0.3, 0.4) is 0 Å². The van der Waals surface area contributed by atoms with Crippen LogP contribution >= 0.6 is 0 Å². The Kier molecular flexibility index (Phi) is 6.69. The van der Waals surface area contributed by atoms with Gasteiger partial charge in [0.1, 0.15) is 5.82 Å². The smallest absolute Gasteiger partial charge is 0.194 e. The maximum atomic E-state index is 4.92. The zero-order chi connectivity index (χ0) is 19.1. The molecule has 5 heteroatoms. The molecule has 0 radical (unpaired) electrons. The first-order valence-electron chi connectivity index (χ1n) is 9.85. The highest BCUT2D eigenvalue weighted by Crippen LogP contribution is 2.21. The van der Waals surface area contributed by atoms with Crippen LogP contribution in [0.1, 0.15) is 24.5 Å². The maximum Gasteiger partial charge on any atom is 0.194 e. The van der Waals surface area contributed by atoms with Gasteiger partial charge in [0.2, 0.25) is 0 Å². The molecule has 1 atom stereocenters. The van der Waals surface area contributed by atoms with Gasteiger partial charge in [-0.15, -0.1) is 0 Å². The van der Waals surface area contributed by atoms with Gasteiger partial charge < -0.3 is 15.1 Å². The SMILES string of the molecule is CCNC(=NCc1cccnc1N(C)C)N1CCC(Cc2ccccc2)C1. The van der Waals surface area contributed by atoms with Crippen molar-refractivity contribution in [2.24, 2.45) is 10.9 Å². The van der Waals surface area contributed by atoms with Crippen LogP contribution in [0.25, 0.3) is 0 Å². The number of aliphatic imine (C=N–C) groups is 1. The number of aromatic nitrogens is 1. The summed E-state index contributed by atoms with van der Waals surface area (Å²) in [4.78, 5) is 13.8. The zero-order valence-electron chi connectivity index (χ0n) is 16.7. The normalized spacial score (nSPS) is 17.2. The highest BCUT2D eigenvalue weighted by molar-refractivity contribution is 5.80. The maximum absolute atomic E-state index is 4.92. The Labute approximate surface area is 163 Å². The van der Waals surface area contributed by atoms with E-state index < -0.39 is 0 Å². The van der Waals surface area contributed by atoms with Crippen molar-refractivity contribution in [2.45, 2.75) is 26.3 Å². The first-order valence-corrected chi connectivity index (χ1v) is 9.85. The van der Waals surface area contributed by atoms with E-state index in [-0.39, 0.29) is 0 Å². The van der Waals surface area contributed by atoms with E-state index in [4.69, 9.17) is 4.99 Å². The molecule has 144 valence electrons. The van der Waals surface area contributed by atoms with E-state index in [1.807, 2.05) is 31.3 Å². The second-order valence-corrected chi connectivity index (χ2v) is 7.34.